The van der Waals surface area contributed by atoms with Gasteiger partial charge in [0.1, 0.15) is 11.4 Å². The molecule has 0 radical (unpaired) electrons. The zero-order chi connectivity index (χ0) is 15.2. The number of hydrogen-bond donors (Lipinski definition) is 2. The largest absolute Gasteiger partial charge is 0.497 e. The fraction of sp³-hybridized carbons (Fsp3) is 0.400. The number of aromatic nitrogens is 2. The average molecular weight is 290 g/mol. The van der Waals surface area contributed by atoms with E-state index in [1.165, 1.54) is 0 Å². The molecule has 6 nitrogen and oxygen atoms in total. The Kier molecular flexibility index (Phi) is 5.19. The molecule has 0 spiro atoms. The van der Waals surface area contributed by atoms with E-state index in [-0.39, 0.29) is 6.04 Å². The van der Waals surface area contributed by atoms with Crippen LogP contribution < -0.4 is 20.7 Å². The van der Waals surface area contributed by atoms with Crippen molar-refractivity contribution in [2.75, 3.05) is 14.2 Å². The van der Waals surface area contributed by atoms with Crippen molar-refractivity contribution in [2.24, 2.45) is 5.84 Å². The van der Waals surface area contributed by atoms with Crippen LogP contribution in [-0.4, -0.2) is 24.0 Å². The molecule has 2 rings (SSSR count). The van der Waals surface area contributed by atoms with Crippen molar-refractivity contribution in [3.63, 3.8) is 0 Å². The van der Waals surface area contributed by atoms with Crippen LogP contribution in [0.3, 0.4) is 0 Å². The van der Waals surface area contributed by atoms with Gasteiger partial charge in [0.2, 0.25) is 0 Å². The van der Waals surface area contributed by atoms with Crippen molar-refractivity contribution in [3.05, 3.63) is 41.7 Å². The topological polar surface area (TPSA) is 74.3 Å². The predicted molar refractivity (Wildman–Crippen MR) is 81.2 cm³/mol. The molecule has 6 heteroatoms. The minimum Gasteiger partial charge on any atom is -0.497 e. The van der Waals surface area contributed by atoms with Gasteiger partial charge >= 0.3 is 0 Å². The fourth-order valence-corrected chi connectivity index (χ4v) is 2.35. The smallest absolute Gasteiger partial charge is 0.161 e. The third-order valence-electron chi connectivity index (χ3n) is 3.39. The number of nitrogens with two attached hydrogens (primary N) is 1. The van der Waals surface area contributed by atoms with E-state index in [9.17, 15) is 0 Å². The second kappa shape index (κ2) is 7.10. The Labute approximate surface area is 124 Å². The Morgan fingerprint density at radius 3 is 2.48 bits per heavy atom. The van der Waals surface area contributed by atoms with Crippen LogP contribution in [0, 0.1) is 0 Å². The van der Waals surface area contributed by atoms with Gasteiger partial charge in [-0.15, -0.1) is 0 Å². The standard InChI is InChI=1S/C15H22N4O2/c1-4-9-19-15(13(21-3)10-17-19)14(18-16)11-5-7-12(20-2)8-6-11/h5-8,10,14,18H,4,9,16H2,1-3H3. The number of hydrazine groups is 1. The molecule has 0 amide bonds. The molecule has 0 saturated carbocycles. The normalized spacial score (nSPS) is 12.2. The van der Waals surface area contributed by atoms with Gasteiger partial charge in [0, 0.05) is 6.54 Å². The van der Waals surface area contributed by atoms with E-state index in [1.54, 1.807) is 20.4 Å². The number of ether oxygens (including phenoxy) is 2. The summed E-state index contributed by atoms with van der Waals surface area (Å²) in [6.45, 7) is 2.92. The maximum atomic E-state index is 5.78. The van der Waals surface area contributed by atoms with Gasteiger partial charge in [-0.3, -0.25) is 10.5 Å². The maximum Gasteiger partial charge on any atom is 0.161 e. The van der Waals surface area contributed by atoms with Crippen LogP contribution >= 0.6 is 0 Å². The van der Waals surface area contributed by atoms with Gasteiger partial charge < -0.3 is 9.47 Å². The minimum absolute atomic E-state index is 0.195. The van der Waals surface area contributed by atoms with Crippen molar-refractivity contribution >= 4 is 0 Å². The summed E-state index contributed by atoms with van der Waals surface area (Å²) in [4.78, 5) is 0. The minimum atomic E-state index is -0.195. The summed E-state index contributed by atoms with van der Waals surface area (Å²) in [6.07, 6.45) is 2.70. The van der Waals surface area contributed by atoms with Gasteiger partial charge in [-0.2, -0.15) is 5.10 Å². The Morgan fingerprint density at radius 1 is 1.24 bits per heavy atom. The number of methoxy groups -OCH3 is 2. The highest BCUT2D eigenvalue weighted by molar-refractivity contribution is 5.38. The third kappa shape index (κ3) is 3.17. The van der Waals surface area contributed by atoms with Gasteiger partial charge in [-0.1, -0.05) is 19.1 Å². The van der Waals surface area contributed by atoms with Crippen LogP contribution in [0.5, 0.6) is 11.5 Å². The number of nitrogens with one attached hydrogen (secondary N) is 1. The van der Waals surface area contributed by atoms with Crippen LogP contribution in [0.25, 0.3) is 0 Å². The van der Waals surface area contributed by atoms with Gasteiger partial charge in [-0.25, -0.2) is 5.43 Å². The number of nitrogens with zero attached hydrogens (tertiary/aromatic N) is 2. The van der Waals surface area contributed by atoms with Crippen molar-refractivity contribution in [2.45, 2.75) is 25.9 Å². The molecule has 0 saturated heterocycles. The number of aryl methyl sites for hydroxylation is 1. The SMILES string of the molecule is CCCn1ncc(OC)c1C(NN)c1ccc(OC)cc1. The lowest BCUT2D eigenvalue weighted by Gasteiger charge is -2.19. The van der Waals surface area contributed by atoms with E-state index >= 15 is 0 Å². The van der Waals surface area contributed by atoms with Gasteiger partial charge in [0.05, 0.1) is 26.5 Å². The summed E-state index contributed by atoms with van der Waals surface area (Å²) >= 11 is 0. The van der Waals surface area contributed by atoms with Crippen molar-refractivity contribution in [1.29, 1.82) is 0 Å². The molecule has 0 fully saturated rings. The molecule has 0 aliphatic heterocycles. The van der Waals surface area contributed by atoms with Gasteiger partial charge in [0.15, 0.2) is 5.75 Å². The summed E-state index contributed by atoms with van der Waals surface area (Å²) in [7, 11) is 3.28. The summed E-state index contributed by atoms with van der Waals surface area (Å²) in [6, 6.07) is 7.58. The highest BCUT2D eigenvalue weighted by Crippen LogP contribution is 2.30. The molecule has 21 heavy (non-hydrogen) atoms. The zero-order valence-corrected chi connectivity index (χ0v) is 12.7. The highest BCUT2D eigenvalue weighted by atomic mass is 16.5. The van der Waals surface area contributed by atoms with E-state index in [4.69, 9.17) is 15.3 Å². The average Bonchev–Trinajstić information content (AvgIpc) is 2.92. The van der Waals surface area contributed by atoms with E-state index in [1.807, 2.05) is 28.9 Å². The Hall–Kier alpha value is -2.05. The molecular weight excluding hydrogens is 268 g/mol. The van der Waals surface area contributed by atoms with Crippen LogP contribution in [0.4, 0.5) is 0 Å². The van der Waals surface area contributed by atoms with Crippen LogP contribution in [0.15, 0.2) is 30.5 Å². The van der Waals surface area contributed by atoms with Crippen LogP contribution in [-0.2, 0) is 6.54 Å². The molecule has 1 atom stereocenters. The first-order chi connectivity index (χ1) is 10.2. The molecule has 1 aromatic heterocycles. The summed E-state index contributed by atoms with van der Waals surface area (Å²) in [5.74, 6) is 7.31. The first kappa shape index (κ1) is 15.3. The molecule has 1 unspecified atom stereocenters. The number of hydrogen-bond acceptors (Lipinski definition) is 5. The Balaban J connectivity index is 2.41. The van der Waals surface area contributed by atoms with Crippen molar-refractivity contribution < 1.29 is 9.47 Å². The number of rotatable bonds is 7. The molecule has 0 bridgehead atoms. The monoisotopic (exact) mass is 290 g/mol. The van der Waals surface area contributed by atoms with E-state index in [0.717, 1.165) is 35.7 Å². The molecule has 1 heterocycles. The second-order valence-electron chi connectivity index (χ2n) is 4.69. The quantitative estimate of drug-likeness (QED) is 0.601. The van der Waals surface area contributed by atoms with Crippen molar-refractivity contribution in [3.8, 4) is 11.5 Å². The Bertz CT molecular complexity index is 566. The third-order valence-corrected chi connectivity index (χ3v) is 3.39. The lowest BCUT2D eigenvalue weighted by Crippen LogP contribution is -2.31. The molecule has 114 valence electrons. The van der Waals surface area contributed by atoms with E-state index < -0.39 is 0 Å². The van der Waals surface area contributed by atoms with E-state index in [0.29, 0.717) is 0 Å². The maximum absolute atomic E-state index is 5.78. The zero-order valence-electron chi connectivity index (χ0n) is 12.7. The van der Waals surface area contributed by atoms with Gasteiger partial charge in [-0.05, 0) is 24.1 Å². The Morgan fingerprint density at radius 2 is 1.95 bits per heavy atom. The van der Waals surface area contributed by atoms with Gasteiger partial charge in [0.25, 0.3) is 0 Å². The molecule has 3 N–H and O–H groups in total. The molecule has 0 aliphatic rings. The lowest BCUT2D eigenvalue weighted by molar-refractivity contribution is 0.398. The predicted octanol–water partition coefficient (Wildman–Crippen LogP) is 1.86. The van der Waals surface area contributed by atoms with Crippen molar-refractivity contribution in [1.82, 2.24) is 15.2 Å². The van der Waals surface area contributed by atoms with Crippen LogP contribution in [0.2, 0.25) is 0 Å². The second-order valence-corrected chi connectivity index (χ2v) is 4.69. The number of benzene rings is 1. The summed E-state index contributed by atoms with van der Waals surface area (Å²) < 4.78 is 12.5. The molecule has 0 aliphatic carbocycles. The molecule has 2 aromatic rings. The first-order valence-electron chi connectivity index (χ1n) is 6.94. The fourth-order valence-electron chi connectivity index (χ4n) is 2.35. The summed E-state index contributed by atoms with van der Waals surface area (Å²) in [5.41, 5.74) is 4.80. The molecule has 1 aromatic carbocycles. The van der Waals surface area contributed by atoms with Crippen LogP contribution in [0.1, 0.15) is 30.6 Å². The first-order valence-corrected chi connectivity index (χ1v) is 6.94. The molecular formula is C15H22N4O2. The summed E-state index contributed by atoms with van der Waals surface area (Å²) in [5, 5.41) is 4.38. The highest BCUT2D eigenvalue weighted by Gasteiger charge is 2.22. The van der Waals surface area contributed by atoms with E-state index in [2.05, 4.69) is 17.4 Å². The lowest BCUT2D eigenvalue weighted by atomic mass is 10.0.